The van der Waals surface area contributed by atoms with E-state index in [2.05, 4.69) is 68.1 Å². The summed E-state index contributed by atoms with van der Waals surface area (Å²) in [6, 6.07) is 13.9. The summed E-state index contributed by atoms with van der Waals surface area (Å²) in [5.74, 6) is 0.448. The molecule has 1 N–H and O–H groups in total. The van der Waals surface area contributed by atoms with E-state index in [-0.39, 0.29) is 5.82 Å². The van der Waals surface area contributed by atoms with Gasteiger partial charge in [-0.1, -0.05) is 28.1 Å². The fourth-order valence-electron chi connectivity index (χ4n) is 2.59. The van der Waals surface area contributed by atoms with Gasteiger partial charge in [-0.15, -0.1) is 0 Å². The Bertz CT molecular complexity index is 626. The van der Waals surface area contributed by atoms with E-state index in [0.29, 0.717) is 12.0 Å². The Balaban J connectivity index is 1.61. The first kappa shape index (κ1) is 14.3. The molecule has 20 heavy (non-hydrogen) atoms. The number of halogens is 3. The van der Waals surface area contributed by atoms with Crippen LogP contribution >= 0.6 is 38.5 Å². The molecule has 1 saturated carbocycles. The van der Waals surface area contributed by atoms with Crippen LogP contribution in [0.1, 0.15) is 24.3 Å². The summed E-state index contributed by atoms with van der Waals surface area (Å²) < 4.78 is 15.1. The molecule has 3 rings (SSSR count). The Morgan fingerprint density at radius 2 is 1.95 bits per heavy atom. The standard InChI is InChI=1S/C16H14BrFIN/c17-12-3-1-2-10(6-12)11-7-14(8-11)20-16-5-4-13(18)9-15(16)19/h1-6,9,11,14,20H,7-8H2. The number of benzene rings is 2. The topological polar surface area (TPSA) is 12.0 Å². The molecule has 0 bridgehead atoms. The van der Waals surface area contributed by atoms with Gasteiger partial charge < -0.3 is 5.32 Å². The van der Waals surface area contributed by atoms with Crippen molar-refractivity contribution in [2.45, 2.75) is 24.8 Å². The SMILES string of the molecule is Fc1ccc(NC2CC(c3cccc(Br)c3)C2)c(I)c1. The highest BCUT2D eigenvalue weighted by Gasteiger charge is 2.30. The van der Waals surface area contributed by atoms with Gasteiger partial charge in [-0.2, -0.15) is 0 Å². The highest BCUT2D eigenvalue weighted by molar-refractivity contribution is 14.1. The molecule has 0 unspecified atom stereocenters. The van der Waals surface area contributed by atoms with Crippen LogP contribution in [0.4, 0.5) is 10.1 Å². The van der Waals surface area contributed by atoms with E-state index in [9.17, 15) is 4.39 Å². The third-order valence-corrected chi connectivity index (χ3v) is 5.13. The number of nitrogens with one attached hydrogen (secondary N) is 1. The Morgan fingerprint density at radius 3 is 2.65 bits per heavy atom. The van der Waals surface area contributed by atoms with Crippen LogP contribution < -0.4 is 5.32 Å². The first-order valence-electron chi connectivity index (χ1n) is 6.59. The normalized spacial score (nSPS) is 21.4. The van der Waals surface area contributed by atoms with E-state index in [1.807, 2.05) is 6.07 Å². The van der Waals surface area contributed by atoms with E-state index >= 15 is 0 Å². The Labute approximate surface area is 140 Å². The lowest BCUT2D eigenvalue weighted by Crippen LogP contribution is -2.34. The van der Waals surface area contributed by atoms with Crippen molar-refractivity contribution in [1.29, 1.82) is 0 Å². The van der Waals surface area contributed by atoms with Crippen LogP contribution in [-0.2, 0) is 0 Å². The van der Waals surface area contributed by atoms with Crippen molar-refractivity contribution in [3.8, 4) is 0 Å². The molecule has 1 aliphatic carbocycles. The molecule has 0 atom stereocenters. The second kappa shape index (κ2) is 6.02. The van der Waals surface area contributed by atoms with Crippen LogP contribution in [0.2, 0.25) is 0 Å². The van der Waals surface area contributed by atoms with Gasteiger partial charge in [-0.3, -0.25) is 0 Å². The van der Waals surface area contributed by atoms with Crippen LogP contribution in [-0.4, -0.2) is 6.04 Å². The van der Waals surface area contributed by atoms with Gasteiger partial charge in [-0.25, -0.2) is 4.39 Å². The van der Waals surface area contributed by atoms with E-state index in [1.165, 1.54) is 11.6 Å². The maximum absolute atomic E-state index is 13.1. The summed E-state index contributed by atoms with van der Waals surface area (Å²) >= 11 is 5.69. The summed E-state index contributed by atoms with van der Waals surface area (Å²) in [6.07, 6.45) is 2.26. The van der Waals surface area contributed by atoms with Crippen molar-refractivity contribution in [3.63, 3.8) is 0 Å². The fraction of sp³-hybridized carbons (Fsp3) is 0.250. The molecule has 0 heterocycles. The molecule has 1 fully saturated rings. The highest BCUT2D eigenvalue weighted by atomic mass is 127. The van der Waals surface area contributed by atoms with Gasteiger partial charge in [0.2, 0.25) is 0 Å². The van der Waals surface area contributed by atoms with Gasteiger partial charge in [0.05, 0.1) is 0 Å². The third kappa shape index (κ3) is 3.17. The van der Waals surface area contributed by atoms with Crippen molar-refractivity contribution >= 4 is 44.2 Å². The maximum Gasteiger partial charge on any atom is 0.124 e. The van der Waals surface area contributed by atoms with Gasteiger partial charge >= 0.3 is 0 Å². The van der Waals surface area contributed by atoms with E-state index < -0.39 is 0 Å². The van der Waals surface area contributed by atoms with Crippen molar-refractivity contribution in [2.24, 2.45) is 0 Å². The zero-order chi connectivity index (χ0) is 14.1. The van der Waals surface area contributed by atoms with Crippen molar-refractivity contribution in [3.05, 3.63) is 61.9 Å². The summed E-state index contributed by atoms with van der Waals surface area (Å²) in [5, 5.41) is 3.50. The minimum atomic E-state index is -0.180. The van der Waals surface area contributed by atoms with Gasteiger partial charge in [0.15, 0.2) is 0 Å². The van der Waals surface area contributed by atoms with Gasteiger partial charge in [-0.05, 0) is 77.2 Å². The fourth-order valence-corrected chi connectivity index (χ4v) is 3.64. The first-order chi connectivity index (χ1) is 9.61. The van der Waals surface area contributed by atoms with Crippen molar-refractivity contribution in [2.75, 3.05) is 5.32 Å². The van der Waals surface area contributed by atoms with Gasteiger partial charge in [0.1, 0.15) is 5.82 Å². The smallest absolute Gasteiger partial charge is 0.124 e. The Kier molecular flexibility index (Phi) is 4.31. The van der Waals surface area contributed by atoms with Gasteiger partial charge in [0.25, 0.3) is 0 Å². The quantitative estimate of drug-likeness (QED) is 0.610. The summed E-state index contributed by atoms with van der Waals surface area (Å²) in [5.41, 5.74) is 2.43. The zero-order valence-corrected chi connectivity index (χ0v) is 14.5. The van der Waals surface area contributed by atoms with Crippen LogP contribution in [0, 0.1) is 9.39 Å². The lowest BCUT2D eigenvalue weighted by molar-refractivity contribution is 0.374. The lowest BCUT2D eigenvalue weighted by Gasteiger charge is -2.37. The zero-order valence-electron chi connectivity index (χ0n) is 10.7. The van der Waals surface area contributed by atoms with Crippen LogP contribution in [0.25, 0.3) is 0 Å². The monoisotopic (exact) mass is 445 g/mol. The summed E-state index contributed by atoms with van der Waals surface area (Å²) in [7, 11) is 0. The Morgan fingerprint density at radius 1 is 1.15 bits per heavy atom. The molecule has 104 valence electrons. The number of hydrogen-bond acceptors (Lipinski definition) is 1. The molecule has 0 spiro atoms. The van der Waals surface area contributed by atoms with Crippen molar-refractivity contribution < 1.29 is 4.39 Å². The molecular weight excluding hydrogens is 432 g/mol. The lowest BCUT2D eigenvalue weighted by atomic mass is 9.76. The molecule has 1 nitrogen and oxygen atoms in total. The molecule has 4 heteroatoms. The minimum absolute atomic E-state index is 0.180. The first-order valence-corrected chi connectivity index (χ1v) is 8.46. The molecule has 2 aromatic carbocycles. The average molecular weight is 446 g/mol. The molecule has 0 saturated heterocycles. The predicted molar refractivity (Wildman–Crippen MR) is 92.6 cm³/mol. The van der Waals surface area contributed by atoms with Crippen molar-refractivity contribution in [1.82, 2.24) is 0 Å². The van der Waals surface area contributed by atoms with Gasteiger partial charge in [0, 0.05) is 19.8 Å². The molecule has 2 aromatic rings. The third-order valence-electron chi connectivity index (χ3n) is 3.75. The average Bonchev–Trinajstić information content (AvgIpc) is 2.35. The maximum atomic E-state index is 13.1. The second-order valence-corrected chi connectivity index (χ2v) is 7.27. The van der Waals surface area contributed by atoms with E-state index in [4.69, 9.17) is 0 Å². The van der Waals surface area contributed by atoms with E-state index in [1.54, 1.807) is 6.07 Å². The Hall–Kier alpha value is -0.620. The van der Waals surface area contributed by atoms with Crippen LogP contribution in [0.3, 0.4) is 0 Å². The van der Waals surface area contributed by atoms with Crippen LogP contribution in [0.5, 0.6) is 0 Å². The van der Waals surface area contributed by atoms with Crippen LogP contribution in [0.15, 0.2) is 46.9 Å². The number of rotatable bonds is 3. The molecule has 0 radical (unpaired) electrons. The largest absolute Gasteiger partial charge is 0.381 e. The number of anilines is 1. The molecular formula is C16H14BrFIN. The summed E-state index contributed by atoms with van der Waals surface area (Å²) in [4.78, 5) is 0. The molecule has 0 aromatic heterocycles. The number of hydrogen-bond donors (Lipinski definition) is 1. The second-order valence-electron chi connectivity index (χ2n) is 5.19. The molecule has 0 amide bonds. The minimum Gasteiger partial charge on any atom is -0.381 e. The summed E-state index contributed by atoms with van der Waals surface area (Å²) in [6.45, 7) is 0. The molecule has 1 aliphatic rings. The van der Waals surface area contributed by atoms with E-state index in [0.717, 1.165) is 26.6 Å². The highest BCUT2D eigenvalue weighted by Crippen LogP contribution is 2.39. The predicted octanol–water partition coefficient (Wildman–Crippen LogP) is 5.55. The molecule has 0 aliphatic heterocycles.